The Hall–Kier alpha value is -0.883. The first kappa shape index (κ1) is 18.5. The Bertz CT molecular complexity index is 671. The number of hydrogen-bond donors (Lipinski definition) is 0. The molecule has 26 heavy (non-hydrogen) atoms. The van der Waals surface area contributed by atoms with Crippen molar-refractivity contribution in [2.75, 3.05) is 7.11 Å². The molecule has 2 saturated carbocycles. The Morgan fingerprint density at radius 2 is 1.65 bits per heavy atom. The molecule has 5 heteroatoms. The van der Waals surface area contributed by atoms with E-state index in [-0.39, 0.29) is 10.6 Å². The lowest BCUT2D eigenvalue weighted by molar-refractivity contribution is -0.628. The van der Waals surface area contributed by atoms with Gasteiger partial charge in [0.1, 0.15) is 5.75 Å². The summed E-state index contributed by atoms with van der Waals surface area (Å²) >= 11 is 0. The van der Waals surface area contributed by atoms with E-state index in [0.717, 1.165) is 11.3 Å². The first-order chi connectivity index (χ1) is 12.2. The normalized spacial score (nSPS) is 28.5. The van der Waals surface area contributed by atoms with E-state index in [0.29, 0.717) is 11.8 Å². The van der Waals surface area contributed by atoms with Crippen molar-refractivity contribution in [1.82, 2.24) is 0 Å². The van der Waals surface area contributed by atoms with E-state index in [2.05, 4.69) is 46.0 Å². The molecule has 0 N–H and O–H groups in total. The summed E-state index contributed by atoms with van der Waals surface area (Å²) in [5.74, 6) is 1.17. The van der Waals surface area contributed by atoms with Crippen molar-refractivity contribution < 1.29 is 18.9 Å². The van der Waals surface area contributed by atoms with Crippen LogP contribution in [0.2, 0.25) is 18.1 Å². The maximum absolute atomic E-state index is 6.52. The summed E-state index contributed by atoms with van der Waals surface area (Å²) < 4.78 is 12.6. The molecule has 0 amide bonds. The number of benzene rings is 1. The molecule has 4 nitrogen and oxygen atoms in total. The zero-order valence-corrected chi connectivity index (χ0v) is 17.9. The fourth-order valence-corrected chi connectivity index (χ4v) is 5.06. The molecule has 1 aromatic rings. The minimum atomic E-state index is -1.90. The van der Waals surface area contributed by atoms with Crippen molar-refractivity contribution in [2.24, 2.45) is 11.8 Å². The largest absolute Gasteiger partial charge is 0.543 e. The van der Waals surface area contributed by atoms with Gasteiger partial charge in [0.05, 0.1) is 0 Å². The van der Waals surface area contributed by atoms with Crippen LogP contribution in [0.1, 0.15) is 52.0 Å². The average Bonchev–Trinajstić information content (AvgIpc) is 3.41. The fraction of sp³-hybridized carbons (Fsp3) is 0.714. The highest BCUT2D eigenvalue weighted by Crippen LogP contribution is 2.67. The Kier molecular flexibility index (Phi) is 4.13. The highest BCUT2D eigenvalue weighted by Gasteiger charge is 2.76. The quantitative estimate of drug-likeness (QED) is 0.493. The van der Waals surface area contributed by atoms with Crippen LogP contribution in [0.25, 0.3) is 0 Å². The molecule has 1 aromatic carbocycles. The van der Waals surface area contributed by atoms with E-state index < -0.39 is 14.1 Å². The van der Waals surface area contributed by atoms with Gasteiger partial charge >= 0.3 is 0 Å². The third-order valence-corrected chi connectivity index (χ3v) is 11.2. The summed E-state index contributed by atoms with van der Waals surface area (Å²) in [6.07, 6.45) is 4.80. The highest BCUT2D eigenvalue weighted by atomic mass is 28.4. The monoisotopic (exact) mass is 376 g/mol. The van der Waals surface area contributed by atoms with Crippen molar-refractivity contribution in [2.45, 2.75) is 76.0 Å². The summed E-state index contributed by atoms with van der Waals surface area (Å²) in [4.78, 5) is 11.6. The lowest BCUT2D eigenvalue weighted by atomic mass is 9.77. The zero-order valence-electron chi connectivity index (χ0n) is 16.9. The summed E-state index contributed by atoms with van der Waals surface area (Å²) in [6.45, 7) is 11.3. The van der Waals surface area contributed by atoms with Crippen LogP contribution >= 0.6 is 0 Å². The van der Waals surface area contributed by atoms with E-state index in [1.165, 1.54) is 25.7 Å². The van der Waals surface area contributed by atoms with Gasteiger partial charge in [-0.1, -0.05) is 32.9 Å². The zero-order chi connectivity index (χ0) is 18.8. The second-order valence-corrected chi connectivity index (χ2v) is 14.4. The molecule has 3 aliphatic rings. The standard InChI is InChI=1S/C21H32O4Si/c1-19(2,3)26(5,6)23-18-9-7-8-17(14-18)21(22-4)20(24-25-21,15-10-11-15)16-12-13-16/h7-9,14-16H,10-13H2,1-6H3. The lowest BCUT2D eigenvalue weighted by Crippen LogP contribution is -2.68. The van der Waals surface area contributed by atoms with Gasteiger partial charge in [-0.15, -0.1) is 0 Å². The molecule has 3 fully saturated rings. The van der Waals surface area contributed by atoms with Crippen molar-refractivity contribution >= 4 is 8.32 Å². The second-order valence-electron chi connectivity index (χ2n) is 9.72. The van der Waals surface area contributed by atoms with Gasteiger partial charge in [0, 0.05) is 12.7 Å². The van der Waals surface area contributed by atoms with Gasteiger partial charge in [-0.3, -0.25) is 0 Å². The van der Waals surface area contributed by atoms with Gasteiger partial charge in [0.2, 0.25) is 8.32 Å². The highest BCUT2D eigenvalue weighted by molar-refractivity contribution is 6.74. The maximum atomic E-state index is 6.52. The molecule has 1 atom stereocenters. The van der Waals surface area contributed by atoms with E-state index in [1.807, 2.05) is 12.1 Å². The fourth-order valence-electron chi connectivity index (χ4n) is 4.04. The third-order valence-electron chi connectivity index (χ3n) is 6.86. The molecule has 144 valence electrons. The van der Waals surface area contributed by atoms with Crippen LogP contribution < -0.4 is 4.43 Å². The third kappa shape index (κ3) is 2.59. The van der Waals surface area contributed by atoms with Gasteiger partial charge in [-0.2, -0.15) is 4.89 Å². The topological polar surface area (TPSA) is 36.9 Å². The van der Waals surface area contributed by atoms with Crippen molar-refractivity contribution in [1.29, 1.82) is 0 Å². The van der Waals surface area contributed by atoms with E-state index >= 15 is 0 Å². The van der Waals surface area contributed by atoms with E-state index in [1.54, 1.807) is 7.11 Å². The minimum absolute atomic E-state index is 0.157. The van der Waals surface area contributed by atoms with Crippen LogP contribution in [0.15, 0.2) is 24.3 Å². The van der Waals surface area contributed by atoms with Crippen molar-refractivity contribution in [3.63, 3.8) is 0 Å². The SMILES string of the molecule is COC1(c2cccc(O[Si](C)(C)C(C)(C)C)c2)OOC1(C1CC1)C1CC1. The van der Waals surface area contributed by atoms with Gasteiger partial charge in [0.15, 0.2) is 5.60 Å². The summed E-state index contributed by atoms with van der Waals surface area (Å²) in [6, 6.07) is 8.28. The number of hydrogen-bond acceptors (Lipinski definition) is 4. The van der Waals surface area contributed by atoms with Crippen LogP contribution in [-0.4, -0.2) is 21.0 Å². The molecule has 2 aliphatic carbocycles. The van der Waals surface area contributed by atoms with Crippen LogP contribution in [-0.2, 0) is 20.3 Å². The minimum Gasteiger partial charge on any atom is -0.543 e. The lowest BCUT2D eigenvalue weighted by Gasteiger charge is -2.56. The van der Waals surface area contributed by atoms with Gasteiger partial charge in [-0.05, 0) is 67.8 Å². The van der Waals surface area contributed by atoms with Crippen LogP contribution in [0, 0.1) is 11.8 Å². The first-order valence-corrected chi connectivity index (χ1v) is 12.8. The molecule has 1 unspecified atom stereocenters. The maximum Gasteiger partial charge on any atom is 0.260 e. The van der Waals surface area contributed by atoms with Crippen LogP contribution in [0.5, 0.6) is 5.75 Å². The summed E-state index contributed by atoms with van der Waals surface area (Å²) in [5.41, 5.74) is 0.693. The van der Waals surface area contributed by atoms with Crippen molar-refractivity contribution in [3.05, 3.63) is 29.8 Å². The van der Waals surface area contributed by atoms with Gasteiger partial charge in [-0.25, -0.2) is 4.89 Å². The Morgan fingerprint density at radius 1 is 1.04 bits per heavy atom. The van der Waals surface area contributed by atoms with Gasteiger partial charge < -0.3 is 9.16 Å². The molecule has 0 bridgehead atoms. The predicted octanol–water partition coefficient (Wildman–Crippen LogP) is 5.39. The second kappa shape index (κ2) is 5.81. The Labute approximate surface area is 158 Å². The first-order valence-electron chi connectivity index (χ1n) is 9.88. The molecule has 0 spiro atoms. The number of methoxy groups -OCH3 is 1. The molecule has 1 heterocycles. The van der Waals surface area contributed by atoms with Crippen molar-refractivity contribution in [3.8, 4) is 5.75 Å². The molecular formula is C21H32O4Si. The molecule has 0 radical (unpaired) electrons. The Balaban J connectivity index is 1.67. The van der Waals surface area contributed by atoms with Gasteiger partial charge in [0.25, 0.3) is 5.79 Å². The summed E-state index contributed by atoms with van der Waals surface area (Å²) in [7, 11) is -0.158. The molecule has 0 aromatic heterocycles. The molecule has 1 saturated heterocycles. The average molecular weight is 377 g/mol. The molecule has 1 aliphatic heterocycles. The number of rotatable bonds is 6. The van der Waals surface area contributed by atoms with Crippen LogP contribution in [0.4, 0.5) is 0 Å². The van der Waals surface area contributed by atoms with E-state index in [9.17, 15) is 0 Å². The number of ether oxygens (including phenoxy) is 1. The molecular weight excluding hydrogens is 344 g/mol. The van der Waals surface area contributed by atoms with Crippen LogP contribution in [0.3, 0.4) is 0 Å². The smallest absolute Gasteiger partial charge is 0.260 e. The predicted molar refractivity (Wildman–Crippen MR) is 103 cm³/mol. The summed E-state index contributed by atoms with van der Waals surface area (Å²) in [5, 5.41) is 0.157. The van der Waals surface area contributed by atoms with E-state index in [4.69, 9.17) is 18.9 Å². The Morgan fingerprint density at radius 3 is 2.08 bits per heavy atom. The molecule has 4 rings (SSSR count).